The molecule has 0 saturated carbocycles. The minimum Gasteiger partial charge on any atom is -0.423 e. The molecule has 1 unspecified atom stereocenters. The van der Waals surface area contributed by atoms with Crippen molar-refractivity contribution in [3.63, 3.8) is 0 Å². The maximum Gasteiger partial charge on any atom is 0.215 e. The van der Waals surface area contributed by atoms with E-state index in [1.807, 2.05) is 19.1 Å². The SMILES string of the molecule is Cc1ccc(C(=O)c2sc(NC3=C(C#N)C(c4ccc(Cl)cc4)C(C#N)=C(N)O3)c(C#N)c2N)cc1. The lowest BCUT2D eigenvalue weighted by atomic mass is 9.84. The van der Waals surface area contributed by atoms with Crippen LogP contribution in [0.25, 0.3) is 0 Å². The molecule has 3 aromatic rings. The van der Waals surface area contributed by atoms with Crippen LogP contribution in [0.5, 0.6) is 0 Å². The van der Waals surface area contributed by atoms with Crippen molar-refractivity contribution < 1.29 is 9.53 Å². The van der Waals surface area contributed by atoms with Crippen LogP contribution in [-0.4, -0.2) is 5.78 Å². The number of nitrogens with one attached hydrogen (secondary N) is 1. The molecule has 0 saturated heterocycles. The molecule has 2 aromatic carbocycles. The fraction of sp³-hybridized carbons (Fsp3) is 0.0769. The molecule has 0 amide bonds. The molecule has 1 atom stereocenters. The summed E-state index contributed by atoms with van der Waals surface area (Å²) >= 11 is 6.96. The minimum absolute atomic E-state index is 0.0148. The molecule has 10 heteroatoms. The van der Waals surface area contributed by atoms with Crippen LogP contribution >= 0.6 is 22.9 Å². The number of nitrogens with two attached hydrogens (primary N) is 2. The smallest absolute Gasteiger partial charge is 0.215 e. The Morgan fingerprint density at radius 1 is 1.00 bits per heavy atom. The van der Waals surface area contributed by atoms with Gasteiger partial charge in [0.2, 0.25) is 17.5 Å². The number of ketones is 1. The van der Waals surface area contributed by atoms with Crippen molar-refractivity contribution in [1.29, 1.82) is 15.8 Å². The lowest BCUT2D eigenvalue weighted by Crippen LogP contribution is -2.23. The number of carbonyl (C=O) groups excluding carboxylic acids is 1. The van der Waals surface area contributed by atoms with Crippen molar-refractivity contribution in [2.45, 2.75) is 12.8 Å². The Labute approximate surface area is 215 Å². The molecule has 36 heavy (non-hydrogen) atoms. The van der Waals surface area contributed by atoms with Crippen LogP contribution in [-0.2, 0) is 4.74 Å². The number of thiophene rings is 1. The van der Waals surface area contributed by atoms with Gasteiger partial charge in [-0.3, -0.25) is 4.79 Å². The highest BCUT2D eigenvalue weighted by molar-refractivity contribution is 7.19. The summed E-state index contributed by atoms with van der Waals surface area (Å²) in [6.45, 7) is 1.91. The van der Waals surface area contributed by atoms with Gasteiger partial charge in [0.25, 0.3) is 0 Å². The first kappa shape index (κ1) is 24.4. The summed E-state index contributed by atoms with van der Waals surface area (Å²) in [7, 11) is 0. The first-order chi connectivity index (χ1) is 17.3. The number of nitrogens with zero attached hydrogens (tertiary/aromatic N) is 3. The molecule has 2 heterocycles. The van der Waals surface area contributed by atoms with E-state index in [2.05, 4.69) is 11.4 Å². The number of rotatable bonds is 5. The maximum atomic E-state index is 13.1. The van der Waals surface area contributed by atoms with E-state index in [1.165, 1.54) is 0 Å². The lowest BCUT2D eigenvalue weighted by Gasteiger charge is -2.26. The Hall–Kier alpha value is -4.75. The molecular formula is C26H17ClN6O2S. The quantitative estimate of drug-likeness (QED) is 0.400. The first-order valence-corrected chi connectivity index (χ1v) is 11.7. The van der Waals surface area contributed by atoms with Gasteiger partial charge in [0, 0.05) is 10.6 Å². The van der Waals surface area contributed by atoms with Gasteiger partial charge in [0.05, 0.1) is 11.6 Å². The van der Waals surface area contributed by atoms with Crippen LogP contribution in [0.15, 0.2) is 71.4 Å². The molecule has 0 spiro atoms. The molecule has 5 N–H and O–H groups in total. The zero-order valence-electron chi connectivity index (χ0n) is 18.8. The molecule has 0 aliphatic carbocycles. The average Bonchev–Trinajstić information content (AvgIpc) is 3.18. The van der Waals surface area contributed by atoms with Gasteiger partial charge >= 0.3 is 0 Å². The average molecular weight is 513 g/mol. The number of nitrogen functional groups attached to an aromatic ring is 1. The van der Waals surface area contributed by atoms with E-state index >= 15 is 0 Å². The molecule has 176 valence electrons. The Morgan fingerprint density at radius 2 is 1.64 bits per heavy atom. The molecule has 1 aromatic heterocycles. The van der Waals surface area contributed by atoms with E-state index in [1.54, 1.807) is 48.5 Å². The van der Waals surface area contributed by atoms with Gasteiger partial charge in [0.15, 0.2) is 0 Å². The molecule has 0 fully saturated rings. The molecule has 1 aliphatic heterocycles. The fourth-order valence-electron chi connectivity index (χ4n) is 3.70. The highest BCUT2D eigenvalue weighted by Gasteiger charge is 2.34. The monoisotopic (exact) mass is 512 g/mol. The summed E-state index contributed by atoms with van der Waals surface area (Å²) in [6.07, 6.45) is 0. The fourth-order valence-corrected chi connectivity index (χ4v) is 4.86. The van der Waals surface area contributed by atoms with Crippen LogP contribution in [0.3, 0.4) is 0 Å². The van der Waals surface area contributed by atoms with E-state index in [0.29, 0.717) is 16.1 Å². The summed E-state index contributed by atoms with van der Waals surface area (Å²) in [5, 5.41) is 33.1. The molecule has 1 aliphatic rings. The molecule has 0 radical (unpaired) electrons. The Morgan fingerprint density at radius 3 is 2.22 bits per heavy atom. The van der Waals surface area contributed by atoms with Crippen molar-refractivity contribution in [2.24, 2.45) is 5.73 Å². The van der Waals surface area contributed by atoms with Gasteiger partial charge in [-0.25, -0.2) is 0 Å². The van der Waals surface area contributed by atoms with E-state index in [9.17, 15) is 20.6 Å². The number of anilines is 2. The summed E-state index contributed by atoms with van der Waals surface area (Å²) in [6, 6.07) is 19.7. The van der Waals surface area contributed by atoms with Crippen LogP contribution in [0, 0.1) is 40.9 Å². The zero-order valence-corrected chi connectivity index (χ0v) is 20.4. The van der Waals surface area contributed by atoms with Gasteiger partial charge in [-0.2, -0.15) is 15.8 Å². The minimum atomic E-state index is -0.829. The van der Waals surface area contributed by atoms with Gasteiger partial charge in [0.1, 0.15) is 44.8 Å². The molecule has 4 rings (SSSR count). The number of allylic oxidation sites excluding steroid dienone is 2. The number of hydrogen-bond donors (Lipinski definition) is 3. The standard InChI is InChI=1S/C26H17ClN6O2S/c1-13-2-4-15(5-3-13)22(34)23-21(31)19(12-30)26(36-23)33-25-18(11-29)20(17(10-28)24(32)35-25)14-6-8-16(27)9-7-14/h2-9,20,33H,31-32H2,1H3. The number of benzene rings is 2. The van der Waals surface area contributed by atoms with Crippen molar-refractivity contribution in [1.82, 2.24) is 0 Å². The van der Waals surface area contributed by atoms with Crippen molar-refractivity contribution in [3.8, 4) is 18.2 Å². The second-order valence-electron chi connectivity index (χ2n) is 7.81. The van der Waals surface area contributed by atoms with E-state index in [0.717, 1.165) is 16.9 Å². The Balaban J connectivity index is 1.79. The topological polar surface area (TPSA) is 162 Å². The zero-order chi connectivity index (χ0) is 26.0. The summed E-state index contributed by atoms with van der Waals surface area (Å²) in [4.78, 5) is 13.3. The number of hydrogen-bond acceptors (Lipinski definition) is 9. The summed E-state index contributed by atoms with van der Waals surface area (Å²) < 4.78 is 5.61. The second-order valence-corrected chi connectivity index (χ2v) is 9.27. The summed E-state index contributed by atoms with van der Waals surface area (Å²) in [5.41, 5.74) is 14.4. The predicted molar refractivity (Wildman–Crippen MR) is 136 cm³/mol. The van der Waals surface area contributed by atoms with Crippen LogP contribution in [0.1, 0.15) is 37.8 Å². The van der Waals surface area contributed by atoms with Gasteiger partial charge in [-0.1, -0.05) is 53.6 Å². The number of carbonyl (C=O) groups is 1. The number of ether oxygens (including phenoxy) is 1. The number of nitriles is 3. The second kappa shape index (κ2) is 9.85. The highest BCUT2D eigenvalue weighted by atomic mass is 35.5. The van der Waals surface area contributed by atoms with E-state index < -0.39 is 5.92 Å². The third-order valence-corrected chi connectivity index (χ3v) is 6.92. The van der Waals surface area contributed by atoms with Gasteiger partial charge in [-0.05, 0) is 24.6 Å². The molecular weight excluding hydrogens is 496 g/mol. The summed E-state index contributed by atoms with van der Waals surface area (Å²) in [5.74, 6) is -1.43. The largest absolute Gasteiger partial charge is 0.423 e. The lowest BCUT2D eigenvalue weighted by molar-refractivity contribution is 0.104. The van der Waals surface area contributed by atoms with E-state index in [-0.39, 0.29) is 49.8 Å². The molecule has 8 nitrogen and oxygen atoms in total. The molecule has 0 bridgehead atoms. The highest BCUT2D eigenvalue weighted by Crippen LogP contribution is 2.42. The van der Waals surface area contributed by atoms with Crippen molar-refractivity contribution in [2.75, 3.05) is 11.1 Å². The van der Waals surface area contributed by atoms with Crippen molar-refractivity contribution >= 4 is 39.4 Å². The number of aryl methyl sites for hydroxylation is 1. The van der Waals surface area contributed by atoms with E-state index in [4.69, 9.17) is 27.8 Å². The third-order valence-electron chi connectivity index (χ3n) is 5.55. The van der Waals surface area contributed by atoms with Crippen LogP contribution in [0.4, 0.5) is 10.7 Å². The third kappa shape index (κ3) is 4.35. The van der Waals surface area contributed by atoms with Gasteiger partial charge in [-0.15, -0.1) is 11.3 Å². The van der Waals surface area contributed by atoms with Crippen LogP contribution in [0.2, 0.25) is 5.02 Å². The van der Waals surface area contributed by atoms with Crippen molar-refractivity contribution in [3.05, 3.63) is 104 Å². The predicted octanol–water partition coefficient (Wildman–Crippen LogP) is 5.05. The van der Waals surface area contributed by atoms with Gasteiger partial charge < -0.3 is 21.5 Å². The normalized spacial score (nSPS) is 14.9. The Bertz CT molecular complexity index is 1560. The maximum absolute atomic E-state index is 13.1. The Kier molecular flexibility index (Phi) is 6.67. The number of halogens is 1. The van der Waals surface area contributed by atoms with Crippen LogP contribution < -0.4 is 16.8 Å². The first-order valence-electron chi connectivity index (χ1n) is 10.5.